The smallest absolute Gasteiger partial charge is 0.339 e. The molecule has 0 bridgehead atoms. The molecule has 2 aromatic rings. The average Bonchev–Trinajstić information content (AvgIpc) is 2.76. The van der Waals surface area contributed by atoms with E-state index >= 15 is 0 Å². The highest BCUT2D eigenvalue weighted by Crippen LogP contribution is 2.17. The highest BCUT2D eigenvalue weighted by Gasteiger charge is 2.16. The van der Waals surface area contributed by atoms with Gasteiger partial charge in [0.1, 0.15) is 16.8 Å². The number of aromatic carboxylic acids is 1. The third-order valence-corrected chi connectivity index (χ3v) is 2.25. The Morgan fingerprint density at radius 2 is 2.29 bits per heavy atom. The van der Waals surface area contributed by atoms with Crippen molar-refractivity contribution in [3.8, 4) is 11.9 Å². The number of halogens is 1. The molecule has 0 fully saturated rings. The first kappa shape index (κ1) is 11.1. The number of aromatic nitrogens is 3. The summed E-state index contributed by atoms with van der Waals surface area (Å²) >= 11 is 5.71. The van der Waals surface area contributed by atoms with Crippen LogP contribution >= 0.6 is 11.6 Å². The summed E-state index contributed by atoms with van der Waals surface area (Å²) in [5.74, 6) is -1.04. The average molecular weight is 249 g/mol. The van der Waals surface area contributed by atoms with Crippen LogP contribution in [0.3, 0.4) is 0 Å². The van der Waals surface area contributed by atoms with Crippen molar-refractivity contribution in [1.82, 2.24) is 14.5 Å². The number of carboxylic acid groups (broad SMARTS) is 1. The summed E-state index contributed by atoms with van der Waals surface area (Å²) in [6.45, 7) is 0. The Hall–Kier alpha value is -2.39. The van der Waals surface area contributed by atoms with Crippen molar-refractivity contribution in [1.29, 1.82) is 5.26 Å². The Bertz CT molecular complexity index is 629. The van der Waals surface area contributed by atoms with E-state index in [-0.39, 0.29) is 22.4 Å². The Morgan fingerprint density at radius 3 is 2.94 bits per heavy atom. The van der Waals surface area contributed by atoms with Gasteiger partial charge in [0.15, 0.2) is 5.82 Å². The minimum atomic E-state index is -1.15. The van der Waals surface area contributed by atoms with Crippen LogP contribution < -0.4 is 0 Å². The number of imidazole rings is 1. The molecule has 2 aromatic heterocycles. The monoisotopic (exact) mass is 248 g/mol. The molecule has 0 atom stereocenters. The number of nitriles is 1. The van der Waals surface area contributed by atoms with E-state index in [1.807, 2.05) is 6.07 Å². The van der Waals surface area contributed by atoms with E-state index in [0.717, 1.165) is 0 Å². The quantitative estimate of drug-likeness (QED) is 0.813. The third-order valence-electron chi connectivity index (χ3n) is 2.04. The van der Waals surface area contributed by atoms with E-state index < -0.39 is 5.97 Å². The second-order valence-electron chi connectivity index (χ2n) is 3.04. The van der Waals surface area contributed by atoms with Gasteiger partial charge in [-0.2, -0.15) is 5.26 Å². The van der Waals surface area contributed by atoms with Gasteiger partial charge in [-0.3, -0.25) is 4.57 Å². The molecule has 0 radical (unpaired) electrons. The lowest BCUT2D eigenvalue weighted by atomic mass is 10.2. The number of hydrogen-bond donors (Lipinski definition) is 1. The van der Waals surface area contributed by atoms with Crippen molar-refractivity contribution in [3.63, 3.8) is 0 Å². The Labute approximate surface area is 101 Å². The lowest BCUT2D eigenvalue weighted by molar-refractivity contribution is 0.0696. The second kappa shape index (κ2) is 4.23. The van der Waals surface area contributed by atoms with E-state index in [2.05, 4.69) is 9.97 Å². The van der Waals surface area contributed by atoms with Gasteiger partial charge in [-0.15, -0.1) is 0 Å². The molecule has 0 spiro atoms. The largest absolute Gasteiger partial charge is 0.478 e. The molecule has 1 N–H and O–H groups in total. The molecule has 0 amide bonds. The standard InChI is InChI=1S/C10H5ClN4O2/c11-7-2-1-6(10(16)17)9(14-7)15-4-3-13-8(15)5-12/h1-4H,(H,16,17). The summed E-state index contributed by atoms with van der Waals surface area (Å²) in [4.78, 5) is 18.7. The molecule has 0 saturated carbocycles. The van der Waals surface area contributed by atoms with Crippen LogP contribution in [0.1, 0.15) is 16.2 Å². The Balaban J connectivity index is 2.70. The first-order valence-electron chi connectivity index (χ1n) is 4.47. The van der Waals surface area contributed by atoms with Crippen molar-refractivity contribution < 1.29 is 9.90 Å². The van der Waals surface area contributed by atoms with Gasteiger partial charge in [0.25, 0.3) is 0 Å². The number of hydrogen-bond acceptors (Lipinski definition) is 4. The number of carboxylic acids is 1. The van der Waals surface area contributed by atoms with Crippen molar-refractivity contribution in [2.45, 2.75) is 0 Å². The predicted molar refractivity (Wildman–Crippen MR) is 58.0 cm³/mol. The fourth-order valence-corrected chi connectivity index (χ4v) is 1.48. The highest BCUT2D eigenvalue weighted by molar-refractivity contribution is 6.29. The molecule has 0 aliphatic rings. The summed E-state index contributed by atoms with van der Waals surface area (Å²) in [5.41, 5.74) is -0.0519. The van der Waals surface area contributed by atoms with Gasteiger partial charge < -0.3 is 5.11 Å². The molecule has 7 heteroatoms. The van der Waals surface area contributed by atoms with Crippen molar-refractivity contribution in [2.24, 2.45) is 0 Å². The maximum Gasteiger partial charge on any atom is 0.339 e. The molecule has 0 saturated heterocycles. The molecule has 2 rings (SSSR count). The zero-order valence-electron chi connectivity index (χ0n) is 8.33. The molecule has 2 heterocycles. The lowest BCUT2D eigenvalue weighted by Gasteiger charge is -2.06. The van der Waals surface area contributed by atoms with E-state index in [9.17, 15) is 4.79 Å². The molecule has 0 aliphatic carbocycles. The summed E-state index contributed by atoms with van der Waals surface area (Å²) in [6, 6.07) is 4.54. The van der Waals surface area contributed by atoms with Crippen LogP contribution in [-0.4, -0.2) is 25.6 Å². The highest BCUT2D eigenvalue weighted by atomic mass is 35.5. The van der Waals surface area contributed by atoms with Crippen molar-refractivity contribution >= 4 is 17.6 Å². The minimum absolute atomic E-state index is 0.0438. The van der Waals surface area contributed by atoms with E-state index in [1.54, 1.807) is 0 Å². The van der Waals surface area contributed by atoms with Gasteiger partial charge in [0.2, 0.25) is 5.82 Å². The number of pyridine rings is 1. The predicted octanol–water partition coefficient (Wildman–Crippen LogP) is 1.49. The van der Waals surface area contributed by atoms with E-state index in [4.69, 9.17) is 22.0 Å². The van der Waals surface area contributed by atoms with Crippen LogP contribution in [0.4, 0.5) is 0 Å². The van der Waals surface area contributed by atoms with Crippen LogP contribution in [0, 0.1) is 11.3 Å². The lowest BCUT2D eigenvalue weighted by Crippen LogP contribution is -2.08. The van der Waals surface area contributed by atoms with Gasteiger partial charge in [0.05, 0.1) is 0 Å². The van der Waals surface area contributed by atoms with Gasteiger partial charge in [-0.25, -0.2) is 14.8 Å². The Kier molecular flexibility index (Phi) is 2.77. The van der Waals surface area contributed by atoms with Gasteiger partial charge in [0, 0.05) is 12.4 Å². The molecular weight excluding hydrogens is 244 g/mol. The third kappa shape index (κ3) is 1.96. The maximum absolute atomic E-state index is 11.0. The normalized spacial score (nSPS) is 9.88. The summed E-state index contributed by atoms with van der Waals surface area (Å²) in [5, 5.41) is 18.0. The molecule has 0 aliphatic heterocycles. The summed E-state index contributed by atoms with van der Waals surface area (Å²) in [7, 11) is 0. The zero-order chi connectivity index (χ0) is 12.4. The SMILES string of the molecule is N#Cc1nccn1-c1nc(Cl)ccc1C(=O)O. The van der Waals surface area contributed by atoms with Crippen LogP contribution in [0.15, 0.2) is 24.5 Å². The van der Waals surface area contributed by atoms with Crippen molar-refractivity contribution in [2.75, 3.05) is 0 Å². The van der Waals surface area contributed by atoms with Crippen LogP contribution in [0.5, 0.6) is 0 Å². The van der Waals surface area contributed by atoms with Crippen molar-refractivity contribution in [3.05, 3.63) is 41.1 Å². The number of rotatable bonds is 2. The fraction of sp³-hybridized carbons (Fsp3) is 0. The zero-order valence-corrected chi connectivity index (χ0v) is 9.09. The van der Waals surface area contributed by atoms with Gasteiger partial charge >= 0.3 is 5.97 Å². The van der Waals surface area contributed by atoms with E-state index in [1.165, 1.54) is 29.1 Å². The molecule has 6 nitrogen and oxygen atoms in total. The molecule has 0 aromatic carbocycles. The van der Waals surface area contributed by atoms with Gasteiger partial charge in [-0.05, 0) is 12.1 Å². The van der Waals surface area contributed by atoms with Crippen LogP contribution in [0.2, 0.25) is 5.15 Å². The van der Waals surface area contributed by atoms with Crippen LogP contribution in [0.25, 0.3) is 5.82 Å². The Morgan fingerprint density at radius 1 is 1.53 bits per heavy atom. The fourth-order valence-electron chi connectivity index (χ4n) is 1.33. The molecule has 84 valence electrons. The minimum Gasteiger partial charge on any atom is -0.478 e. The van der Waals surface area contributed by atoms with Crippen LogP contribution in [-0.2, 0) is 0 Å². The van der Waals surface area contributed by atoms with Gasteiger partial charge in [-0.1, -0.05) is 11.6 Å². The first-order chi connectivity index (χ1) is 8.13. The van der Waals surface area contributed by atoms with E-state index in [0.29, 0.717) is 0 Å². The molecule has 0 unspecified atom stereocenters. The maximum atomic E-state index is 11.0. The summed E-state index contributed by atoms with van der Waals surface area (Å²) in [6.07, 6.45) is 2.83. The molecular formula is C10H5ClN4O2. The topological polar surface area (TPSA) is 91.8 Å². The number of carbonyl (C=O) groups is 1. The second-order valence-corrected chi connectivity index (χ2v) is 3.43. The number of nitrogens with zero attached hydrogens (tertiary/aromatic N) is 4. The molecule has 17 heavy (non-hydrogen) atoms. The summed E-state index contributed by atoms with van der Waals surface area (Å²) < 4.78 is 1.27. The first-order valence-corrected chi connectivity index (χ1v) is 4.85.